The third kappa shape index (κ3) is 3.93. The number of nitrogens with one attached hydrogen (secondary N) is 2. The molecule has 0 aliphatic carbocycles. The van der Waals surface area contributed by atoms with Crippen molar-refractivity contribution in [1.82, 2.24) is 5.32 Å². The van der Waals surface area contributed by atoms with Gasteiger partial charge in [-0.15, -0.1) is 0 Å². The van der Waals surface area contributed by atoms with Gasteiger partial charge in [0.15, 0.2) is 0 Å². The lowest BCUT2D eigenvalue weighted by Gasteiger charge is -2.14. The lowest BCUT2D eigenvalue weighted by molar-refractivity contribution is 0.0957. The van der Waals surface area contributed by atoms with E-state index >= 15 is 0 Å². The van der Waals surface area contributed by atoms with Crippen molar-refractivity contribution in [1.29, 1.82) is 0 Å². The second-order valence-electron chi connectivity index (χ2n) is 4.56. The predicted molar refractivity (Wildman–Crippen MR) is 92.1 cm³/mol. The van der Waals surface area contributed by atoms with E-state index in [1.807, 2.05) is 43.3 Å². The van der Waals surface area contributed by atoms with Crippen LogP contribution in [0, 0.1) is 6.92 Å². The van der Waals surface area contributed by atoms with E-state index in [1.165, 1.54) is 0 Å². The lowest BCUT2D eigenvalue weighted by Crippen LogP contribution is -2.26. The average Bonchev–Trinajstić information content (AvgIpc) is 2.50. The molecular weight excluding hydrogens is 304 g/mol. The van der Waals surface area contributed by atoms with E-state index < -0.39 is 0 Å². The fraction of sp³-hybridized carbons (Fsp3) is 0.188. The SMILES string of the molecule is Cc1c(Cl)cccc1Nc1ccccc1C(=O)NCCS. The van der Waals surface area contributed by atoms with E-state index in [2.05, 4.69) is 23.3 Å². The number of carbonyl (C=O) groups is 1. The molecule has 5 heteroatoms. The van der Waals surface area contributed by atoms with Gasteiger partial charge in [0.1, 0.15) is 0 Å². The van der Waals surface area contributed by atoms with Crippen LogP contribution in [0.25, 0.3) is 0 Å². The van der Waals surface area contributed by atoms with Crippen molar-refractivity contribution < 1.29 is 4.79 Å². The summed E-state index contributed by atoms with van der Waals surface area (Å²) in [5.41, 5.74) is 3.18. The normalized spacial score (nSPS) is 10.2. The van der Waals surface area contributed by atoms with Gasteiger partial charge < -0.3 is 10.6 Å². The topological polar surface area (TPSA) is 41.1 Å². The molecule has 0 aromatic heterocycles. The van der Waals surface area contributed by atoms with Crippen LogP contribution >= 0.6 is 24.2 Å². The summed E-state index contributed by atoms with van der Waals surface area (Å²) in [6, 6.07) is 13.0. The monoisotopic (exact) mass is 320 g/mol. The van der Waals surface area contributed by atoms with Gasteiger partial charge in [0.25, 0.3) is 5.91 Å². The van der Waals surface area contributed by atoms with Crippen molar-refractivity contribution in [3.05, 3.63) is 58.6 Å². The molecule has 2 rings (SSSR count). The third-order valence-corrected chi connectivity index (χ3v) is 3.74. The van der Waals surface area contributed by atoms with E-state index in [9.17, 15) is 4.79 Å². The van der Waals surface area contributed by atoms with Crippen LogP contribution in [-0.4, -0.2) is 18.2 Å². The molecule has 21 heavy (non-hydrogen) atoms. The highest BCUT2D eigenvalue weighted by Crippen LogP contribution is 2.27. The van der Waals surface area contributed by atoms with Gasteiger partial charge in [-0.1, -0.05) is 29.8 Å². The molecule has 0 fully saturated rings. The summed E-state index contributed by atoms with van der Waals surface area (Å²) in [5.74, 6) is 0.487. The molecule has 0 aliphatic heterocycles. The number of thiol groups is 1. The van der Waals surface area contributed by atoms with Crippen molar-refractivity contribution in [2.45, 2.75) is 6.92 Å². The van der Waals surface area contributed by atoms with Gasteiger partial charge in [-0.25, -0.2) is 0 Å². The van der Waals surface area contributed by atoms with Crippen LogP contribution in [-0.2, 0) is 0 Å². The molecule has 2 aromatic rings. The van der Waals surface area contributed by atoms with Gasteiger partial charge >= 0.3 is 0 Å². The van der Waals surface area contributed by atoms with Crippen molar-refractivity contribution in [3.63, 3.8) is 0 Å². The number of hydrogen-bond donors (Lipinski definition) is 3. The molecule has 0 saturated heterocycles. The zero-order valence-corrected chi connectivity index (χ0v) is 13.3. The zero-order chi connectivity index (χ0) is 15.2. The lowest BCUT2D eigenvalue weighted by atomic mass is 10.1. The molecule has 2 aromatic carbocycles. The van der Waals surface area contributed by atoms with E-state index in [-0.39, 0.29) is 5.91 Å². The van der Waals surface area contributed by atoms with Crippen LogP contribution in [0.1, 0.15) is 15.9 Å². The molecule has 0 saturated carbocycles. The Balaban J connectivity index is 2.28. The molecule has 0 aliphatic rings. The summed E-state index contributed by atoms with van der Waals surface area (Å²) in [6.07, 6.45) is 0. The summed E-state index contributed by atoms with van der Waals surface area (Å²) < 4.78 is 0. The summed E-state index contributed by atoms with van der Waals surface area (Å²) in [6.45, 7) is 2.47. The Morgan fingerprint density at radius 3 is 2.62 bits per heavy atom. The van der Waals surface area contributed by atoms with Gasteiger partial charge in [0.2, 0.25) is 0 Å². The minimum Gasteiger partial charge on any atom is -0.355 e. The van der Waals surface area contributed by atoms with E-state index in [1.54, 1.807) is 6.07 Å². The Morgan fingerprint density at radius 2 is 1.86 bits per heavy atom. The standard InChI is InChI=1S/C16H17ClN2OS/c1-11-13(17)6-4-8-14(11)19-15-7-3-2-5-12(15)16(20)18-9-10-21/h2-8,19,21H,9-10H2,1H3,(H,18,20). The molecule has 1 amide bonds. The second kappa shape index (κ2) is 7.38. The van der Waals surface area contributed by atoms with Gasteiger partial charge in [0, 0.05) is 23.0 Å². The van der Waals surface area contributed by atoms with Gasteiger partial charge in [0.05, 0.1) is 11.3 Å². The maximum atomic E-state index is 12.2. The fourth-order valence-corrected chi connectivity index (χ4v) is 2.23. The molecule has 0 spiro atoms. The molecule has 0 radical (unpaired) electrons. The number of anilines is 2. The van der Waals surface area contributed by atoms with E-state index in [0.717, 1.165) is 16.9 Å². The fourth-order valence-electron chi connectivity index (χ4n) is 1.94. The van der Waals surface area contributed by atoms with E-state index in [4.69, 9.17) is 11.6 Å². The predicted octanol–water partition coefficient (Wildman–Crippen LogP) is 4.05. The molecule has 0 heterocycles. The number of carbonyl (C=O) groups excluding carboxylic acids is 1. The molecule has 110 valence electrons. The van der Waals surface area contributed by atoms with Crippen LogP contribution in [0.4, 0.5) is 11.4 Å². The maximum Gasteiger partial charge on any atom is 0.253 e. The second-order valence-corrected chi connectivity index (χ2v) is 5.42. The first-order valence-electron chi connectivity index (χ1n) is 6.63. The highest BCUT2D eigenvalue weighted by atomic mass is 35.5. The van der Waals surface area contributed by atoms with Gasteiger partial charge in [-0.05, 0) is 36.8 Å². The number of hydrogen-bond acceptors (Lipinski definition) is 3. The van der Waals surface area contributed by atoms with Crippen LogP contribution in [0.5, 0.6) is 0 Å². The first kappa shape index (κ1) is 15.7. The van der Waals surface area contributed by atoms with Gasteiger partial charge in [-0.3, -0.25) is 4.79 Å². The van der Waals surface area contributed by atoms with Crippen molar-refractivity contribution in [2.75, 3.05) is 17.6 Å². The summed E-state index contributed by atoms with van der Waals surface area (Å²) in [4.78, 5) is 12.2. The van der Waals surface area contributed by atoms with Gasteiger partial charge in [-0.2, -0.15) is 12.6 Å². The Kier molecular flexibility index (Phi) is 5.53. The number of amides is 1. The largest absolute Gasteiger partial charge is 0.355 e. The Hall–Kier alpha value is -1.65. The molecule has 0 atom stereocenters. The Bertz CT molecular complexity index is 646. The number of benzene rings is 2. The molecular formula is C16H17ClN2OS. The Morgan fingerprint density at radius 1 is 1.14 bits per heavy atom. The number of halogens is 1. The van der Waals surface area contributed by atoms with Crippen molar-refractivity contribution >= 4 is 41.5 Å². The molecule has 0 unspecified atom stereocenters. The quantitative estimate of drug-likeness (QED) is 0.727. The highest BCUT2D eigenvalue weighted by molar-refractivity contribution is 7.80. The highest BCUT2D eigenvalue weighted by Gasteiger charge is 2.11. The summed E-state index contributed by atoms with van der Waals surface area (Å²) in [7, 11) is 0. The minimum atomic E-state index is -0.119. The first-order chi connectivity index (χ1) is 10.1. The Labute approximate surface area is 135 Å². The average molecular weight is 321 g/mol. The van der Waals surface area contributed by atoms with E-state index in [0.29, 0.717) is 22.9 Å². The number of rotatable bonds is 5. The minimum absolute atomic E-state index is 0.119. The van der Waals surface area contributed by atoms with Crippen molar-refractivity contribution in [3.8, 4) is 0 Å². The third-order valence-electron chi connectivity index (χ3n) is 3.11. The van der Waals surface area contributed by atoms with Crippen molar-refractivity contribution in [2.24, 2.45) is 0 Å². The zero-order valence-electron chi connectivity index (χ0n) is 11.7. The summed E-state index contributed by atoms with van der Waals surface area (Å²) in [5, 5.41) is 6.79. The summed E-state index contributed by atoms with van der Waals surface area (Å²) >= 11 is 10.2. The smallest absolute Gasteiger partial charge is 0.253 e. The number of para-hydroxylation sites is 1. The van der Waals surface area contributed by atoms with Crippen LogP contribution in [0.15, 0.2) is 42.5 Å². The maximum absolute atomic E-state index is 12.2. The van der Waals surface area contributed by atoms with Crippen LogP contribution in [0.3, 0.4) is 0 Å². The molecule has 0 bridgehead atoms. The first-order valence-corrected chi connectivity index (χ1v) is 7.64. The molecule has 2 N–H and O–H groups in total. The molecule has 3 nitrogen and oxygen atoms in total. The van der Waals surface area contributed by atoms with Crippen LogP contribution < -0.4 is 10.6 Å². The van der Waals surface area contributed by atoms with Crippen LogP contribution in [0.2, 0.25) is 5.02 Å².